The van der Waals surface area contributed by atoms with Gasteiger partial charge in [-0.15, -0.1) is 0 Å². The van der Waals surface area contributed by atoms with Crippen LogP contribution in [0.5, 0.6) is 0 Å². The molecule has 0 aromatic rings. The molecule has 3 aliphatic heterocycles. The van der Waals surface area contributed by atoms with Gasteiger partial charge in [0, 0.05) is 44.6 Å². The molecular formula is C46H85N3O14. The zero-order chi connectivity index (χ0) is 47.8. The van der Waals surface area contributed by atoms with Gasteiger partial charge in [-0.25, -0.2) is 4.79 Å². The molecule has 3 heterocycles. The normalized spacial score (nSPS) is 41.4. The Morgan fingerprint density at radius 2 is 1.57 bits per heavy atom. The third-order valence-corrected chi connectivity index (χ3v) is 14.1. The lowest BCUT2D eigenvalue weighted by molar-refractivity contribution is -0.319. The second-order valence-electron chi connectivity index (χ2n) is 19.4. The molecule has 0 radical (unpaired) electrons. The highest BCUT2D eigenvalue weighted by atomic mass is 16.7. The van der Waals surface area contributed by atoms with Crippen LogP contribution in [0.3, 0.4) is 0 Å². The summed E-state index contributed by atoms with van der Waals surface area (Å²) in [6, 6.07) is -0.778. The molecule has 2 N–H and O–H groups in total. The van der Waals surface area contributed by atoms with Crippen LogP contribution in [0.1, 0.15) is 115 Å². The van der Waals surface area contributed by atoms with Gasteiger partial charge < -0.3 is 62.6 Å². The minimum absolute atomic E-state index is 0.116. The first kappa shape index (κ1) is 55.1. The van der Waals surface area contributed by atoms with Gasteiger partial charge >= 0.3 is 18.1 Å². The van der Waals surface area contributed by atoms with Gasteiger partial charge in [-0.3, -0.25) is 14.5 Å². The first-order valence-electron chi connectivity index (χ1n) is 23.2. The number of nitrogens with zero attached hydrogens (tertiary/aromatic N) is 3. The summed E-state index contributed by atoms with van der Waals surface area (Å²) in [6.45, 7) is 25.0. The van der Waals surface area contributed by atoms with Gasteiger partial charge in [-0.1, -0.05) is 34.6 Å². The van der Waals surface area contributed by atoms with E-state index >= 15 is 0 Å². The number of cyclic esters (lactones) is 1. The molecular weight excluding hydrogens is 819 g/mol. The summed E-state index contributed by atoms with van der Waals surface area (Å²) in [5.74, 6) is -2.98. The van der Waals surface area contributed by atoms with E-state index < -0.39 is 96.0 Å². The molecule has 0 bridgehead atoms. The first-order chi connectivity index (χ1) is 29.3. The highest BCUT2D eigenvalue weighted by Crippen LogP contribution is 2.41. The number of likely N-dealkylation sites (N-methyl/N-ethyl adjacent to an activating group) is 2. The van der Waals surface area contributed by atoms with Crippen molar-refractivity contribution < 1.29 is 67.2 Å². The van der Waals surface area contributed by atoms with Crippen LogP contribution in [0.15, 0.2) is 0 Å². The summed E-state index contributed by atoms with van der Waals surface area (Å²) < 4.78 is 56.0. The molecule has 63 heavy (non-hydrogen) atoms. The van der Waals surface area contributed by atoms with Gasteiger partial charge in [0.2, 0.25) is 0 Å². The zero-order valence-electron chi connectivity index (χ0n) is 41.6. The van der Waals surface area contributed by atoms with Crippen molar-refractivity contribution >= 4 is 18.1 Å². The Morgan fingerprint density at radius 1 is 0.937 bits per heavy atom. The average Bonchev–Trinajstić information content (AvgIpc) is 3.21. The van der Waals surface area contributed by atoms with E-state index in [9.17, 15) is 24.6 Å². The van der Waals surface area contributed by atoms with E-state index in [1.165, 1.54) is 7.11 Å². The fourth-order valence-electron chi connectivity index (χ4n) is 10.1. The van der Waals surface area contributed by atoms with Crippen LogP contribution >= 0.6 is 0 Å². The number of esters is 2. The number of methoxy groups -OCH3 is 2. The van der Waals surface area contributed by atoms with E-state index in [0.29, 0.717) is 25.9 Å². The lowest BCUT2D eigenvalue weighted by atomic mass is 9.77. The van der Waals surface area contributed by atoms with Crippen LogP contribution in [-0.2, 0) is 52.2 Å². The van der Waals surface area contributed by atoms with Gasteiger partial charge in [0.25, 0.3) is 0 Å². The monoisotopic (exact) mass is 904 g/mol. The smallest absolute Gasteiger partial charge is 0.458 e. The lowest BCUT2D eigenvalue weighted by Gasteiger charge is -2.50. The Bertz CT molecular complexity index is 1450. The molecule has 0 unspecified atom stereocenters. The van der Waals surface area contributed by atoms with Gasteiger partial charge in [-0.2, -0.15) is 0 Å². The second-order valence-corrected chi connectivity index (χ2v) is 19.4. The molecule has 0 amide bonds. The SMILES string of the molecule is CC[C@H]1OC(=O)[C@H](C)[C@@H](O[C@H]2C[C@@](C)(OC)[C@@H](OC(=O)CCN(CC)CC)[C@H](C)O2)[C@H](C)[C@@H](O[C@@H]2O[C@H](C)C[C@H](N(C)C)[C@H]2O)[C@](C)(O)C[C@@H](C)CN(C)[C@H](C)[C@]1(C)OC(=O)OC. The van der Waals surface area contributed by atoms with Crippen molar-refractivity contribution in [2.24, 2.45) is 17.8 Å². The van der Waals surface area contributed by atoms with Crippen LogP contribution in [-0.4, -0.2) is 189 Å². The molecule has 0 spiro atoms. The third-order valence-electron chi connectivity index (χ3n) is 14.1. The molecule has 17 heteroatoms. The number of carbonyl (C=O) groups is 3. The van der Waals surface area contributed by atoms with Crippen molar-refractivity contribution in [1.29, 1.82) is 0 Å². The van der Waals surface area contributed by atoms with Gasteiger partial charge in [0.1, 0.15) is 17.8 Å². The number of ether oxygens (including phenoxy) is 9. The summed E-state index contributed by atoms with van der Waals surface area (Å²) in [6.07, 6.45) is -7.43. The van der Waals surface area contributed by atoms with Crippen molar-refractivity contribution in [2.45, 2.75) is 199 Å². The van der Waals surface area contributed by atoms with Crippen molar-refractivity contribution in [2.75, 3.05) is 61.5 Å². The standard InChI is InChI=1S/C46H85N3O14/c1-18-34-46(12,63-43(53)55-16)32(9)48(15)26-27(4)24-44(10,54)39(62-42-37(51)33(47(13)14)23-28(5)57-42)29(6)38(30(7)41(52)59-34)61-36-25-45(11,56-17)40(31(8)58-36)60-35(50)21-22-49(19-2)20-3/h27-34,36-40,42,51,54H,18-26H2,1-17H3/t27-,28-,29+,30-,31+,32-,33+,34-,36+,37-,38+,39-,40+,42+,44-,45-,46+/m1/s1. The van der Waals surface area contributed by atoms with E-state index in [0.717, 1.165) is 13.1 Å². The van der Waals surface area contributed by atoms with E-state index in [4.69, 9.17) is 42.6 Å². The van der Waals surface area contributed by atoms with Crippen LogP contribution in [0.25, 0.3) is 0 Å². The maximum atomic E-state index is 14.7. The van der Waals surface area contributed by atoms with Crippen molar-refractivity contribution in [3.63, 3.8) is 0 Å². The Balaban J connectivity index is 2.15. The summed E-state index contributed by atoms with van der Waals surface area (Å²) in [7, 11) is 8.45. The van der Waals surface area contributed by atoms with Gasteiger partial charge in [0.05, 0.1) is 49.5 Å². The van der Waals surface area contributed by atoms with E-state index in [-0.39, 0.29) is 43.3 Å². The number of aliphatic hydroxyl groups is 2. The minimum Gasteiger partial charge on any atom is -0.458 e. The van der Waals surface area contributed by atoms with Crippen LogP contribution in [0, 0.1) is 17.8 Å². The van der Waals surface area contributed by atoms with E-state index in [1.54, 1.807) is 34.8 Å². The van der Waals surface area contributed by atoms with Gasteiger partial charge in [0.15, 0.2) is 24.3 Å². The van der Waals surface area contributed by atoms with Crippen LogP contribution < -0.4 is 0 Å². The van der Waals surface area contributed by atoms with Crippen molar-refractivity contribution in [1.82, 2.24) is 14.7 Å². The fourth-order valence-corrected chi connectivity index (χ4v) is 10.1. The molecule has 0 saturated carbocycles. The molecule has 17 atom stereocenters. The summed E-state index contributed by atoms with van der Waals surface area (Å²) >= 11 is 0. The first-order valence-corrected chi connectivity index (χ1v) is 23.2. The predicted molar refractivity (Wildman–Crippen MR) is 236 cm³/mol. The summed E-state index contributed by atoms with van der Waals surface area (Å²) in [5.41, 5.74) is -4.00. The Morgan fingerprint density at radius 3 is 2.13 bits per heavy atom. The molecule has 3 rings (SSSR count). The molecule has 3 saturated heterocycles. The van der Waals surface area contributed by atoms with Crippen LogP contribution in [0.4, 0.5) is 4.79 Å². The van der Waals surface area contributed by atoms with Gasteiger partial charge in [-0.05, 0) is 108 Å². The molecule has 17 nitrogen and oxygen atoms in total. The van der Waals surface area contributed by atoms with Crippen molar-refractivity contribution in [3.8, 4) is 0 Å². The highest BCUT2D eigenvalue weighted by Gasteiger charge is 2.54. The average molecular weight is 904 g/mol. The third kappa shape index (κ3) is 13.7. The molecule has 0 aromatic carbocycles. The summed E-state index contributed by atoms with van der Waals surface area (Å²) in [4.78, 5) is 46.8. The highest BCUT2D eigenvalue weighted by molar-refractivity contribution is 5.73. The predicted octanol–water partition coefficient (Wildman–Crippen LogP) is 4.61. The number of hydrogen-bond acceptors (Lipinski definition) is 17. The number of rotatable bonds is 14. The fraction of sp³-hybridized carbons (Fsp3) is 0.935. The number of aliphatic hydroxyl groups excluding tert-OH is 1. The maximum absolute atomic E-state index is 14.7. The minimum atomic E-state index is -1.58. The quantitative estimate of drug-likeness (QED) is 0.182. The molecule has 3 aliphatic rings. The van der Waals surface area contributed by atoms with Crippen LogP contribution in [0.2, 0.25) is 0 Å². The maximum Gasteiger partial charge on any atom is 0.508 e. The van der Waals surface area contributed by atoms with Crippen molar-refractivity contribution in [3.05, 3.63) is 0 Å². The number of carbonyl (C=O) groups excluding carboxylic acids is 3. The summed E-state index contributed by atoms with van der Waals surface area (Å²) in [5, 5.41) is 24.4. The Hall–Kier alpha value is -2.19. The lowest BCUT2D eigenvalue weighted by Crippen LogP contribution is -2.62. The Kier molecular flexibility index (Phi) is 20.6. The Labute approximate surface area is 378 Å². The molecule has 0 aliphatic carbocycles. The molecule has 0 aromatic heterocycles. The molecule has 3 fully saturated rings. The number of hydrogen-bond donors (Lipinski definition) is 2. The van der Waals surface area contributed by atoms with E-state index in [2.05, 4.69) is 4.90 Å². The second kappa shape index (κ2) is 23.5. The zero-order valence-corrected chi connectivity index (χ0v) is 41.6. The molecule has 368 valence electrons. The van der Waals surface area contributed by atoms with E-state index in [1.807, 2.05) is 86.3 Å². The largest absolute Gasteiger partial charge is 0.508 e. The topological polar surface area (TPSA) is 184 Å².